The van der Waals surface area contributed by atoms with E-state index < -0.39 is 58.0 Å². The van der Waals surface area contributed by atoms with Gasteiger partial charge >= 0.3 is 0 Å². The highest BCUT2D eigenvalue weighted by Gasteiger charge is 2.63. The number of hydrogen-bond donors (Lipinski definition) is 5. The molecule has 5 rings (SSSR count). The van der Waals surface area contributed by atoms with E-state index in [2.05, 4.69) is 18.7 Å². The summed E-state index contributed by atoms with van der Waals surface area (Å²) >= 11 is 0. The maximum Gasteiger partial charge on any atom is 0.255 e. The average Bonchev–Trinajstić information content (AvgIpc) is 2.94. The number of amides is 1. The van der Waals surface area contributed by atoms with Gasteiger partial charge in [-0.3, -0.25) is 24.2 Å². The van der Waals surface area contributed by atoms with Gasteiger partial charge in [-0.05, 0) is 74.8 Å². The van der Waals surface area contributed by atoms with Gasteiger partial charge in [0.25, 0.3) is 5.91 Å². The van der Waals surface area contributed by atoms with Crippen molar-refractivity contribution in [1.29, 1.82) is 0 Å². The van der Waals surface area contributed by atoms with Crippen LogP contribution < -0.4 is 10.6 Å². The first kappa shape index (κ1) is 33.0. The highest BCUT2D eigenvalue weighted by Crippen LogP contribution is 2.53. The Morgan fingerprint density at radius 1 is 1.07 bits per heavy atom. The second-order valence-electron chi connectivity index (χ2n) is 14.3. The number of aliphatic hydroxyl groups excluding tert-OH is 2. The molecule has 1 aromatic carbocycles. The fraction of sp³-hybridized carbons (Fsp3) is 0.618. The minimum atomic E-state index is -2.65. The minimum absolute atomic E-state index is 0.0329. The van der Waals surface area contributed by atoms with Gasteiger partial charge in [0.15, 0.2) is 11.4 Å². The molecule has 0 aromatic heterocycles. The van der Waals surface area contributed by atoms with Gasteiger partial charge < -0.3 is 31.1 Å². The zero-order valence-corrected chi connectivity index (χ0v) is 27.3. The van der Waals surface area contributed by atoms with Gasteiger partial charge in [0.2, 0.25) is 5.78 Å². The Hall–Kier alpha value is -3.41. The first-order valence-electron chi connectivity index (χ1n) is 16.0. The first-order valence-corrected chi connectivity index (χ1v) is 16.0. The second-order valence-corrected chi connectivity index (χ2v) is 14.3. The Balaban J connectivity index is 1.60. The number of benzene rings is 1. The maximum atomic E-state index is 14.2. The maximum absolute atomic E-state index is 14.2. The number of anilines is 1. The van der Waals surface area contributed by atoms with Crippen LogP contribution in [0, 0.1) is 17.3 Å². The Bertz CT molecular complexity index is 1490. The molecule has 1 fully saturated rings. The van der Waals surface area contributed by atoms with Crippen LogP contribution in [0.1, 0.15) is 73.9 Å². The molecule has 0 spiro atoms. The molecular formula is C34H48N4O7. The number of phenols is 1. The SMILES string of the molecule is CCN(Cc1cc(O)c2c(c1N(C)C)C[C@H]1C[C@H]3[C@H](N(C)C)C(O)=C(C(N)=O)C(=O)[C@@]3(O)C(O)=C1C2=O)CC1(C)CCCCC1. The lowest BCUT2D eigenvalue weighted by Crippen LogP contribution is -2.63. The van der Waals surface area contributed by atoms with Gasteiger partial charge in [0.05, 0.1) is 11.6 Å². The molecule has 45 heavy (non-hydrogen) atoms. The number of fused-ring (bicyclic) bond motifs is 3. The zero-order chi connectivity index (χ0) is 33.2. The summed E-state index contributed by atoms with van der Waals surface area (Å²) in [6.07, 6.45) is 6.42. The van der Waals surface area contributed by atoms with Crippen LogP contribution in [0.5, 0.6) is 5.75 Å². The molecule has 4 aliphatic rings. The Kier molecular flexibility index (Phi) is 8.61. The summed E-state index contributed by atoms with van der Waals surface area (Å²) in [5.74, 6) is -6.48. The highest BCUT2D eigenvalue weighted by molar-refractivity contribution is 6.24. The summed E-state index contributed by atoms with van der Waals surface area (Å²) in [4.78, 5) is 45.8. The number of aliphatic hydroxyl groups is 3. The predicted molar refractivity (Wildman–Crippen MR) is 170 cm³/mol. The molecule has 11 nitrogen and oxygen atoms in total. The summed E-state index contributed by atoms with van der Waals surface area (Å²) in [6, 6.07) is 0.596. The van der Waals surface area contributed by atoms with E-state index in [0.29, 0.717) is 12.1 Å². The molecule has 0 bridgehead atoms. The topological polar surface area (TPSA) is 168 Å². The van der Waals surface area contributed by atoms with E-state index in [-0.39, 0.29) is 35.1 Å². The highest BCUT2D eigenvalue weighted by atomic mass is 16.3. The molecule has 11 heteroatoms. The van der Waals surface area contributed by atoms with E-state index in [9.17, 15) is 34.8 Å². The summed E-state index contributed by atoms with van der Waals surface area (Å²) in [5.41, 5.74) is 4.43. The molecule has 4 atom stereocenters. The number of nitrogens with two attached hydrogens (primary N) is 1. The predicted octanol–water partition coefficient (Wildman–Crippen LogP) is 2.98. The smallest absolute Gasteiger partial charge is 0.255 e. The second kappa shape index (κ2) is 11.7. The summed E-state index contributed by atoms with van der Waals surface area (Å²) in [5, 5.41) is 45.8. The molecule has 0 unspecified atom stereocenters. The van der Waals surface area contributed by atoms with Crippen molar-refractivity contribution in [3.05, 3.63) is 45.4 Å². The van der Waals surface area contributed by atoms with Crippen molar-refractivity contribution in [2.24, 2.45) is 23.0 Å². The van der Waals surface area contributed by atoms with Crippen LogP contribution in [0.3, 0.4) is 0 Å². The largest absolute Gasteiger partial charge is 0.510 e. The van der Waals surface area contributed by atoms with Crippen LogP contribution in [0.15, 0.2) is 28.7 Å². The van der Waals surface area contributed by atoms with Crippen LogP contribution in [-0.2, 0) is 22.6 Å². The van der Waals surface area contributed by atoms with E-state index in [1.807, 2.05) is 19.0 Å². The Morgan fingerprint density at radius 3 is 2.27 bits per heavy atom. The Labute approximate surface area is 265 Å². The van der Waals surface area contributed by atoms with Crippen molar-refractivity contribution in [1.82, 2.24) is 9.80 Å². The number of hydrogen-bond acceptors (Lipinski definition) is 10. The molecule has 0 aliphatic heterocycles. The molecule has 4 aliphatic carbocycles. The number of ketones is 2. The van der Waals surface area contributed by atoms with E-state index in [0.717, 1.165) is 24.3 Å². The molecule has 0 heterocycles. The first-order chi connectivity index (χ1) is 21.1. The third kappa shape index (κ3) is 5.22. The molecule has 0 radical (unpaired) electrons. The molecule has 0 saturated heterocycles. The number of carbonyl (C=O) groups excluding carboxylic acids is 3. The molecule has 246 valence electrons. The number of likely N-dealkylation sites (N-methyl/N-ethyl adjacent to an activating group) is 1. The number of phenolic OH excluding ortho intramolecular Hbond substituents is 1. The molecule has 1 amide bonds. The number of Topliss-reactive ketones (excluding diaryl/α,β-unsaturated/α-hetero) is 2. The fourth-order valence-corrected chi connectivity index (χ4v) is 8.68. The van der Waals surface area contributed by atoms with Crippen molar-refractivity contribution in [2.75, 3.05) is 46.2 Å². The van der Waals surface area contributed by atoms with Crippen LogP contribution in [0.4, 0.5) is 5.69 Å². The van der Waals surface area contributed by atoms with Crippen LogP contribution in [0.25, 0.3) is 0 Å². The monoisotopic (exact) mass is 624 g/mol. The van der Waals surface area contributed by atoms with Gasteiger partial charge in [0.1, 0.15) is 22.8 Å². The lowest BCUT2D eigenvalue weighted by Gasteiger charge is -2.50. The molecule has 1 aromatic rings. The number of primary amides is 1. The van der Waals surface area contributed by atoms with Gasteiger partial charge in [-0.1, -0.05) is 33.1 Å². The van der Waals surface area contributed by atoms with Crippen molar-refractivity contribution >= 4 is 23.2 Å². The van der Waals surface area contributed by atoms with Crippen molar-refractivity contribution in [3.8, 4) is 5.75 Å². The van der Waals surface area contributed by atoms with Crippen molar-refractivity contribution < 1.29 is 34.8 Å². The van der Waals surface area contributed by atoms with Crippen LogP contribution in [-0.4, -0.2) is 101 Å². The number of allylic oxidation sites excluding steroid dienone is 1. The average molecular weight is 625 g/mol. The van der Waals surface area contributed by atoms with Gasteiger partial charge in [-0.25, -0.2) is 0 Å². The fourth-order valence-electron chi connectivity index (χ4n) is 8.68. The van der Waals surface area contributed by atoms with Gasteiger partial charge in [0, 0.05) is 44.4 Å². The Morgan fingerprint density at radius 2 is 1.71 bits per heavy atom. The van der Waals surface area contributed by atoms with E-state index in [1.54, 1.807) is 25.1 Å². The van der Waals surface area contributed by atoms with Gasteiger partial charge in [-0.2, -0.15) is 0 Å². The summed E-state index contributed by atoms with van der Waals surface area (Å²) < 4.78 is 0. The normalized spacial score (nSPS) is 27.9. The number of aromatic hydroxyl groups is 1. The van der Waals surface area contributed by atoms with Gasteiger partial charge in [-0.15, -0.1) is 0 Å². The lowest BCUT2D eigenvalue weighted by molar-refractivity contribution is -0.148. The zero-order valence-electron chi connectivity index (χ0n) is 27.3. The summed E-state index contributed by atoms with van der Waals surface area (Å²) in [7, 11) is 7.04. The summed E-state index contributed by atoms with van der Waals surface area (Å²) in [6.45, 7) is 6.83. The minimum Gasteiger partial charge on any atom is -0.510 e. The standard InChI is InChI=1S/C34H48N4O7/c1-7-38(17-33(2)11-9-8-10-12-33)16-19-15-22(39)24-20(26(19)36(3)4)13-18-14-21-27(37(5)6)29(41)25(32(35)44)31(43)34(21,45)30(42)23(18)28(24)40/h15,18,21,27,39,41-42,45H,7-14,16-17H2,1-6H3,(H2,35,44)/t18-,21-,27-,34-/m0/s1. The molecule has 6 N–H and O–H groups in total. The number of carbonyl (C=O) groups is 3. The number of nitrogens with zero attached hydrogens (tertiary/aromatic N) is 3. The number of rotatable bonds is 8. The van der Waals surface area contributed by atoms with Crippen molar-refractivity contribution in [3.63, 3.8) is 0 Å². The van der Waals surface area contributed by atoms with E-state index in [4.69, 9.17) is 5.73 Å². The third-order valence-electron chi connectivity index (χ3n) is 10.7. The van der Waals surface area contributed by atoms with Crippen molar-refractivity contribution in [2.45, 2.75) is 77.0 Å². The lowest BCUT2D eigenvalue weighted by atomic mass is 9.58. The third-order valence-corrected chi connectivity index (χ3v) is 10.7. The van der Waals surface area contributed by atoms with E-state index in [1.165, 1.54) is 32.1 Å². The molecular weight excluding hydrogens is 576 g/mol. The van der Waals surface area contributed by atoms with Crippen LogP contribution in [0.2, 0.25) is 0 Å². The quantitative estimate of drug-likeness (QED) is 0.271. The molecule has 1 saturated carbocycles. The van der Waals surface area contributed by atoms with E-state index >= 15 is 0 Å². The van der Waals surface area contributed by atoms with Crippen LogP contribution >= 0.6 is 0 Å².